The summed E-state index contributed by atoms with van der Waals surface area (Å²) in [5, 5.41) is 3.63. The Hall–Kier alpha value is -0.0800. The van der Waals surface area contributed by atoms with Gasteiger partial charge >= 0.3 is 0 Å². The molecule has 0 aromatic heterocycles. The Bertz CT molecular complexity index is 166. The van der Waals surface area contributed by atoms with Crippen molar-refractivity contribution < 1.29 is 0 Å². The Morgan fingerprint density at radius 1 is 0.929 bits per heavy atom. The number of nitrogens with one attached hydrogen (secondary N) is 1. The summed E-state index contributed by atoms with van der Waals surface area (Å²) in [4.78, 5) is 0. The Kier molecular flexibility index (Phi) is 3.82. The largest absolute Gasteiger partial charge is 0.330 e. The Labute approximate surface area is 87.6 Å². The first-order valence-corrected chi connectivity index (χ1v) is 6.31. The third kappa shape index (κ3) is 2.96. The molecule has 0 aromatic rings. The third-order valence-electron chi connectivity index (χ3n) is 3.91. The molecular weight excluding hydrogens is 172 g/mol. The maximum Gasteiger partial charge on any atom is -0.00173 e. The average molecular weight is 196 g/mol. The fourth-order valence-electron chi connectivity index (χ4n) is 2.66. The molecule has 2 aliphatic rings. The van der Waals surface area contributed by atoms with E-state index in [2.05, 4.69) is 5.32 Å². The molecular formula is C12H24N2. The lowest BCUT2D eigenvalue weighted by atomic mass is 9.79. The van der Waals surface area contributed by atoms with E-state index in [4.69, 9.17) is 5.73 Å². The zero-order valence-corrected chi connectivity index (χ0v) is 9.17. The van der Waals surface area contributed by atoms with Gasteiger partial charge in [-0.2, -0.15) is 0 Å². The summed E-state index contributed by atoms with van der Waals surface area (Å²) in [5.41, 5.74) is 5.81. The molecule has 2 nitrogen and oxygen atoms in total. The first-order chi connectivity index (χ1) is 6.90. The summed E-state index contributed by atoms with van der Waals surface area (Å²) in [5.74, 6) is 2.68. The fourth-order valence-corrected chi connectivity index (χ4v) is 2.66. The molecule has 2 saturated carbocycles. The highest BCUT2D eigenvalue weighted by atomic mass is 14.9. The average Bonchev–Trinajstić information content (AvgIpc) is 3.03. The minimum atomic E-state index is 0.801. The Balaban J connectivity index is 1.64. The second-order valence-corrected chi connectivity index (χ2v) is 5.14. The number of rotatable bonds is 5. The maximum atomic E-state index is 5.81. The molecule has 0 saturated heterocycles. The van der Waals surface area contributed by atoms with Gasteiger partial charge in [0.1, 0.15) is 0 Å². The van der Waals surface area contributed by atoms with Crippen LogP contribution in [0.1, 0.15) is 38.5 Å². The van der Waals surface area contributed by atoms with E-state index in [1.54, 1.807) is 0 Å². The summed E-state index contributed by atoms with van der Waals surface area (Å²) >= 11 is 0. The topological polar surface area (TPSA) is 38.0 Å². The van der Waals surface area contributed by atoms with Crippen LogP contribution in [0.3, 0.4) is 0 Å². The predicted octanol–water partition coefficient (Wildman–Crippen LogP) is 1.75. The predicted molar refractivity (Wildman–Crippen MR) is 60.1 cm³/mol. The van der Waals surface area contributed by atoms with Gasteiger partial charge in [-0.1, -0.05) is 12.8 Å². The molecule has 2 aliphatic carbocycles. The van der Waals surface area contributed by atoms with Crippen LogP contribution >= 0.6 is 0 Å². The lowest BCUT2D eigenvalue weighted by molar-refractivity contribution is 0.235. The molecule has 0 radical (unpaired) electrons. The summed E-state index contributed by atoms with van der Waals surface area (Å²) in [6.07, 6.45) is 8.51. The normalized spacial score (nSPS) is 33.2. The highest BCUT2D eigenvalue weighted by Crippen LogP contribution is 2.30. The lowest BCUT2D eigenvalue weighted by Crippen LogP contribution is -2.35. The lowest BCUT2D eigenvalue weighted by Gasteiger charge is -2.30. The zero-order valence-electron chi connectivity index (χ0n) is 9.17. The van der Waals surface area contributed by atoms with E-state index in [9.17, 15) is 0 Å². The van der Waals surface area contributed by atoms with Crippen LogP contribution in [0.2, 0.25) is 0 Å². The van der Waals surface area contributed by atoms with Crippen LogP contribution in [0.4, 0.5) is 0 Å². The van der Waals surface area contributed by atoms with E-state index in [1.165, 1.54) is 51.6 Å². The van der Waals surface area contributed by atoms with Gasteiger partial charge in [0.15, 0.2) is 0 Å². The maximum absolute atomic E-state index is 5.81. The molecule has 82 valence electrons. The van der Waals surface area contributed by atoms with Crippen molar-refractivity contribution in [2.45, 2.75) is 38.5 Å². The van der Waals surface area contributed by atoms with Gasteiger partial charge in [0.25, 0.3) is 0 Å². The fraction of sp³-hybridized carbons (Fsp3) is 1.00. The van der Waals surface area contributed by atoms with Gasteiger partial charge in [-0.3, -0.25) is 0 Å². The van der Waals surface area contributed by atoms with E-state index < -0.39 is 0 Å². The van der Waals surface area contributed by atoms with Crippen LogP contribution in [0.15, 0.2) is 0 Å². The van der Waals surface area contributed by atoms with Gasteiger partial charge in [-0.15, -0.1) is 0 Å². The minimum absolute atomic E-state index is 0.801. The van der Waals surface area contributed by atoms with Gasteiger partial charge in [0, 0.05) is 0 Å². The van der Waals surface area contributed by atoms with Crippen LogP contribution < -0.4 is 11.1 Å². The van der Waals surface area contributed by atoms with E-state index in [-0.39, 0.29) is 0 Å². The highest BCUT2D eigenvalue weighted by molar-refractivity contribution is 4.80. The van der Waals surface area contributed by atoms with Crippen molar-refractivity contribution in [1.82, 2.24) is 5.32 Å². The summed E-state index contributed by atoms with van der Waals surface area (Å²) < 4.78 is 0. The van der Waals surface area contributed by atoms with Crippen molar-refractivity contribution in [2.75, 3.05) is 19.6 Å². The summed E-state index contributed by atoms with van der Waals surface area (Å²) in [6, 6.07) is 0. The monoisotopic (exact) mass is 196 g/mol. The molecule has 0 bridgehead atoms. The summed E-state index contributed by atoms with van der Waals surface area (Å²) in [7, 11) is 0. The zero-order chi connectivity index (χ0) is 9.80. The smallest absolute Gasteiger partial charge is 0.00173 e. The van der Waals surface area contributed by atoms with E-state index in [0.29, 0.717) is 0 Å². The van der Waals surface area contributed by atoms with Crippen molar-refractivity contribution in [3.8, 4) is 0 Å². The number of nitrogens with two attached hydrogens (primary N) is 1. The van der Waals surface area contributed by atoms with Crippen LogP contribution in [-0.2, 0) is 0 Å². The number of hydrogen-bond donors (Lipinski definition) is 2. The Morgan fingerprint density at radius 2 is 1.64 bits per heavy atom. The van der Waals surface area contributed by atoms with Gasteiger partial charge in [-0.05, 0) is 63.1 Å². The molecule has 0 heterocycles. The number of hydrogen-bond acceptors (Lipinski definition) is 2. The van der Waals surface area contributed by atoms with E-state index >= 15 is 0 Å². The quantitative estimate of drug-likeness (QED) is 0.703. The molecule has 0 spiro atoms. The van der Waals surface area contributed by atoms with E-state index in [1.807, 2.05) is 0 Å². The van der Waals surface area contributed by atoms with Crippen molar-refractivity contribution >= 4 is 0 Å². The van der Waals surface area contributed by atoms with Crippen LogP contribution in [0.5, 0.6) is 0 Å². The minimum Gasteiger partial charge on any atom is -0.330 e. The van der Waals surface area contributed by atoms with Crippen molar-refractivity contribution in [3.05, 3.63) is 0 Å². The van der Waals surface area contributed by atoms with Gasteiger partial charge < -0.3 is 11.1 Å². The second kappa shape index (κ2) is 5.13. The molecule has 0 aliphatic heterocycles. The van der Waals surface area contributed by atoms with Crippen molar-refractivity contribution in [2.24, 2.45) is 23.5 Å². The Morgan fingerprint density at radius 3 is 2.29 bits per heavy atom. The molecule has 2 heteroatoms. The molecule has 2 unspecified atom stereocenters. The first kappa shape index (κ1) is 10.4. The van der Waals surface area contributed by atoms with Gasteiger partial charge in [0.05, 0.1) is 0 Å². The van der Waals surface area contributed by atoms with Crippen LogP contribution in [0.25, 0.3) is 0 Å². The third-order valence-corrected chi connectivity index (χ3v) is 3.91. The SMILES string of the molecule is NCC1CCCCC1CNCC1CC1. The molecule has 0 amide bonds. The summed E-state index contributed by atoms with van der Waals surface area (Å²) in [6.45, 7) is 3.38. The second-order valence-electron chi connectivity index (χ2n) is 5.14. The van der Waals surface area contributed by atoms with Crippen molar-refractivity contribution in [3.63, 3.8) is 0 Å². The van der Waals surface area contributed by atoms with E-state index in [0.717, 1.165) is 24.3 Å². The molecule has 0 aromatic carbocycles. The molecule has 2 atom stereocenters. The highest BCUT2D eigenvalue weighted by Gasteiger charge is 2.25. The van der Waals surface area contributed by atoms with Crippen molar-refractivity contribution in [1.29, 1.82) is 0 Å². The molecule has 2 rings (SSSR count). The molecule has 14 heavy (non-hydrogen) atoms. The van der Waals surface area contributed by atoms with Crippen LogP contribution in [-0.4, -0.2) is 19.6 Å². The molecule has 3 N–H and O–H groups in total. The first-order valence-electron chi connectivity index (χ1n) is 6.31. The van der Waals surface area contributed by atoms with Gasteiger partial charge in [-0.25, -0.2) is 0 Å². The standard InChI is InChI=1S/C12H24N2/c13-7-11-3-1-2-4-12(11)9-14-8-10-5-6-10/h10-12,14H,1-9,13H2. The van der Waals surface area contributed by atoms with Crippen LogP contribution in [0, 0.1) is 17.8 Å². The molecule has 2 fully saturated rings. The van der Waals surface area contributed by atoms with Gasteiger partial charge in [0.2, 0.25) is 0 Å².